The molecule has 0 saturated heterocycles. The molecule has 0 radical (unpaired) electrons. The third kappa shape index (κ3) is 6.36. The van der Waals surface area contributed by atoms with Crippen molar-refractivity contribution < 1.29 is 0 Å². The number of rotatable bonds is 10. The van der Waals surface area contributed by atoms with E-state index in [-0.39, 0.29) is 0 Å². The summed E-state index contributed by atoms with van der Waals surface area (Å²) in [5.41, 5.74) is 4.33. The van der Waals surface area contributed by atoms with Gasteiger partial charge in [-0.05, 0) is 27.7 Å². The van der Waals surface area contributed by atoms with E-state index in [0.717, 1.165) is 0 Å². The summed E-state index contributed by atoms with van der Waals surface area (Å²) in [6.45, 7) is 11.7. The molecule has 0 nitrogen and oxygen atoms in total. The average molecular weight is 446 g/mol. The first-order valence-electron chi connectivity index (χ1n) is 12.8. The van der Waals surface area contributed by atoms with Crippen LogP contribution < -0.4 is 16.4 Å². The van der Waals surface area contributed by atoms with Crippen LogP contribution in [0, 0.1) is 0 Å². The molecule has 172 valence electrons. The molecule has 0 spiro atoms. The van der Waals surface area contributed by atoms with Crippen LogP contribution in [0.2, 0.25) is 6.32 Å². The molecule has 32 heavy (non-hydrogen) atoms. The summed E-state index contributed by atoms with van der Waals surface area (Å²) >= 11 is 0. The molecule has 0 amide bonds. The summed E-state index contributed by atoms with van der Waals surface area (Å²) in [7, 11) is -0.420. The molecule has 0 aliphatic carbocycles. The van der Waals surface area contributed by atoms with E-state index in [1.807, 2.05) is 0 Å². The number of hydrogen-bond donors (Lipinski definition) is 0. The molecule has 0 N–H and O–H groups in total. The van der Waals surface area contributed by atoms with Gasteiger partial charge in [-0.1, -0.05) is 111 Å². The summed E-state index contributed by atoms with van der Waals surface area (Å²) in [5.74, 6) is 0. The normalized spacial score (nSPS) is 11.5. The van der Waals surface area contributed by atoms with Crippen LogP contribution in [-0.4, -0.2) is 30.8 Å². The summed E-state index contributed by atoms with van der Waals surface area (Å²) in [4.78, 5) is 0. The van der Waals surface area contributed by atoms with Crippen molar-refractivity contribution in [1.82, 2.24) is 0 Å². The van der Waals surface area contributed by atoms with Crippen LogP contribution in [0.4, 0.5) is 0 Å². The molecule has 3 aromatic rings. The summed E-state index contributed by atoms with van der Waals surface area (Å²) in [6.07, 6.45) is 8.55. The van der Waals surface area contributed by atoms with E-state index in [2.05, 4.69) is 126 Å². The Morgan fingerprint density at radius 3 is 1.03 bits per heavy atom. The fraction of sp³-hybridized carbons (Fsp3) is 0.400. The topological polar surface area (TPSA) is 0 Å². The van der Waals surface area contributed by atoms with Gasteiger partial charge in [-0.3, -0.25) is 0 Å². The largest absolute Gasteiger partial charge is 0.200 e. The van der Waals surface area contributed by atoms with Crippen molar-refractivity contribution in [2.45, 2.75) is 53.8 Å². The monoisotopic (exact) mass is 446 g/mol. The smallest absolute Gasteiger partial charge is 0.0814 e. The molecule has 3 aromatic carbocycles. The lowest BCUT2D eigenvalue weighted by molar-refractivity contribution is 0.874. The van der Waals surface area contributed by atoms with Crippen molar-refractivity contribution in [3.8, 4) is 0 Å². The molecule has 0 aliphatic rings. The van der Waals surface area contributed by atoms with Gasteiger partial charge in [0.15, 0.2) is 0 Å². The van der Waals surface area contributed by atoms with E-state index in [0.29, 0.717) is 0 Å². The summed E-state index contributed by atoms with van der Waals surface area (Å²) in [6, 6.07) is 33.2. The second-order valence-corrected chi connectivity index (χ2v) is 14.2. The van der Waals surface area contributed by atoms with E-state index in [9.17, 15) is 0 Å². The maximum atomic E-state index is 2.35. The molecule has 0 aromatic heterocycles. The lowest BCUT2D eigenvalue weighted by Gasteiger charge is -2.43. The SMILES string of the molecule is CCCC[B-](c1ccccc1)(c1ccccc1)c1ccccc1.CC[P+](CC)(CC)CC. The first kappa shape index (κ1) is 26.4. The molecular weight excluding hydrogens is 402 g/mol. The number of benzene rings is 3. The van der Waals surface area contributed by atoms with Gasteiger partial charge in [0.2, 0.25) is 0 Å². The lowest BCUT2D eigenvalue weighted by Crippen LogP contribution is -2.66. The zero-order valence-electron chi connectivity index (χ0n) is 21.1. The Balaban J connectivity index is 0.000000344. The third-order valence-electron chi connectivity index (χ3n) is 7.78. The predicted octanol–water partition coefficient (Wildman–Crippen LogP) is 7.04. The van der Waals surface area contributed by atoms with Crippen LogP contribution >= 0.6 is 7.26 Å². The molecule has 2 heteroatoms. The van der Waals surface area contributed by atoms with Gasteiger partial charge in [-0.2, -0.15) is 22.7 Å². The number of unbranched alkanes of at least 4 members (excludes halogenated alkanes) is 1. The van der Waals surface area contributed by atoms with Gasteiger partial charge in [0.25, 0.3) is 0 Å². The van der Waals surface area contributed by atoms with E-state index in [4.69, 9.17) is 0 Å². The van der Waals surface area contributed by atoms with Gasteiger partial charge in [0.1, 0.15) is 0 Å². The van der Waals surface area contributed by atoms with E-state index < -0.39 is 13.4 Å². The van der Waals surface area contributed by atoms with Gasteiger partial charge >= 0.3 is 0 Å². The van der Waals surface area contributed by atoms with Gasteiger partial charge in [0.05, 0.1) is 30.8 Å². The zero-order chi connectivity index (χ0) is 23.3. The van der Waals surface area contributed by atoms with Crippen molar-refractivity contribution in [2.24, 2.45) is 0 Å². The highest BCUT2D eigenvalue weighted by Gasteiger charge is 2.29. The lowest BCUT2D eigenvalue weighted by atomic mass is 9.14. The van der Waals surface area contributed by atoms with Crippen LogP contribution in [-0.2, 0) is 0 Å². The van der Waals surface area contributed by atoms with Crippen LogP contribution in [0.3, 0.4) is 0 Å². The molecule has 0 fully saturated rings. The van der Waals surface area contributed by atoms with Crippen LogP contribution in [0.25, 0.3) is 0 Å². The van der Waals surface area contributed by atoms with Crippen molar-refractivity contribution in [3.63, 3.8) is 0 Å². The standard InChI is InChI=1S/C22H24B.C8H20P/c1-2-3-19-23(20-13-7-4-8-14-20,21-15-9-5-10-16-21)22-17-11-6-12-18-22;1-5-9(6-2,7-3)8-4/h4-18H,2-3,19H2,1H3;5-8H2,1-4H3/q-1;+1. The Morgan fingerprint density at radius 1 is 0.500 bits per heavy atom. The van der Waals surface area contributed by atoms with Crippen molar-refractivity contribution in [1.29, 1.82) is 0 Å². The van der Waals surface area contributed by atoms with E-state index in [1.165, 1.54) is 60.2 Å². The molecule has 0 unspecified atom stereocenters. The Morgan fingerprint density at radius 2 is 0.812 bits per heavy atom. The van der Waals surface area contributed by atoms with Gasteiger partial charge in [-0.25, -0.2) is 0 Å². The van der Waals surface area contributed by atoms with Crippen molar-refractivity contribution >= 4 is 29.8 Å². The highest BCUT2D eigenvalue weighted by atomic mass is 31.2. The maximum absolute atomic E-state index is 2.35. The first-order chi connectivity index (χ1) is 15.6. The average Bonchev–Trinajstić information content (AvgIpc) is 2.89. The molecule has 0 saturated carbocycles. The second-order valence-electron chi connectivity index (χ2n) is 9.03. The van der Waals surface area contributed by atoms with Crippen LogP contribution in [0.1, 0.15) is 47.5 Å². The van der Waals surface area contributed by atoms with Crippen molar-refractivity contribution in [2.75, 3.05) is 24.6 Å². The van der Waals surface area contributed by atoms with Crippen LogP contribution in [0.15, 0.2) is 91.0 Å². The molecule has 0 bridgehead atoms. The van der Waals surface area contributed by atoms with Crippen molar-refractivity contribution in [3.05, 3.63) is 91.0 Å². The summed E-state index contributed by atoms with van der Waals surface area (Å²) < 4.78 is 0. The Hall–Kier alpha value is -1.85. The van der Waals surface area contributed by atoms with Gasteiger partial charge in [-0.15, -0.1) is 0 Å². The second kappa shape index (κ2) is 13.6. The highest BCUT2D eigenvalue weighted by Crippen LogP contribution is 2.57. The first-order valence-corrected chi connectivity index (χ1v) is 15.3. The minimum absolute atomic E-state index is 0.420. The Labute approximate surface area is 199 Å². The fourth-order valence-electron chi connectivity index (χ4n) is 5.27. The minimum Gasteiger partial charge on any atom is -0.200 e. The quantitative estimate of drug-likeness (QED) is 0.231. The number of hydrogen-bond acceptors (Lipinski definition) is 0. The molecule has 0 atom stereocenters. The molecular formula is C30H44BP. The van der Waals surface area contributed by atoms with Crippen LogP contribution in [0.5, 0.6) is 0 Å². The minimum atomic E-state index is -0.913. The zero-order valence-corrected chi connectivity index (χ0v) is 22.0. The summed E-state index contributed by atoms with van der Waals surface area (Å²) in [5, 5.41) is 0. The Kier molecular flexibility index (Phi) is 11.3. The Bertz CT molecular complexity index is 743. The van der Waals surface area contributed by atoms with E-state index >= 15 is 0 Å². The van der Waals surface area contributed by atoms with E-state index in [1.54, 1.807) is 0 Å². The molecule has 0 heterocycles. The highest BCUT2D eigenvalue weighted by molar-refractivity contribution is 7.75. The fourth-order valence-corrected chi connectivity index (χ4v) is 7.96. The van der Waals surface area contributed by atoms with Gasteiger partial charge < -0.3 is 0 Å². The van der Waals surface area contributed by atoms with Gasteiger partial charge in [0, 0.05) is 7.26 Å². The third-order valence-corrected chi connectivity index (χ3v) is 13.1. The maximum Gasteiger partial charge on any atom is 0.0814 e. The molecule has 3 rings (SSSR count). The molecule has 0 aliphatic heterocycles. The predicted molar refractivity (Wildman–Crippen MR) is 153 cm³/mol.